The molecule has 3 nitrogen and oxygen atoms in total. The molecule has 0 aromatic heterocycles. The van der Waals surface area contributed by atoms with Gasteiger partial charge in [-0.05, 0) is 56.1 Å². The van der Waals surface area contributed by atoms with Crippen molar-refractivity contribution in [3.8, 4) is 0 Å². The molecule has 2 aromatic carbocycles. The first-order chi connectivity index (χ1) is 12.1. The fourth-order valence-electron chi connectivity index (χ4n) is 3.66. The van der Waals surface area contributed by atoms with E-state index in [0.717, 1.165) is 29.8 Å². The molecule has 0 radical (unpaired) electrons. The van der Waals surface area contributed by atoms with Gasteiger partial charge in [-0.2, -0.15) is 0 Å². The topological polar surface area (TPSA) is 32.3 Å². The number of fused-ring (bicyclic) bond motifs is 1. The third kappa shape index (κ3) is 4.05. The predicted octanol–water partition coefficient (Wildman–Crippen LogP) is 4.18. The highest BCUT2D eigenvalue weighted by molar-refractivity contribution is 6.31. The number of carbonyl (C=O) groups excluding carboxylic acids is 1. The summed E-state index contributed by atoms with van der Waals surface area (Å²) in [6.07, 6.45) is 3.05. The maximum atomic E-state index is 12.8. The van der Waals surface area contributed by atoms with Gasteiger partial charge in [0.15, 0.2) is 0 Å². The number of nitrogens with one attached hydrogen (secondary N) is 1. The molecule has 2 unspecified atom stereocenters. The molecule has 25 heavy (non-hydrogen) atoms. The molecule has 0 saturated carbocycles. The largest absolute Gasteiger partial charge is 0.354 e. The summed E-state index contributed by atoms with van der Waals surface area (Å²) < 4.78 is 0. The van der Waals surface area contributed by atoms with Crippen LogP contribution in [0.3, 0.4) is 0 Å². The van der Waals surface area contributed by atoms with Crippen LogP contribution in [-0.4, -0.2) is 31.4 Å². The van der Waals surface area contributed by atoms with Crippen LogP contribution in [0.1, 0.15) is 41.5 Å². The van der Waals surface area contributed by atoms with Gasteiger partial charge in [0.1, 0.15) is 0 Å². The zero-order valence-corrected chi connectivity index (χ0v) is 15.6. The lowest BCUT2D eigenvalue weighted by Gasteiger charge is -2.28. The molecule has 1 N–H and O–H groups in total. The highest BCUT2D eigenvalue weighted by atomic mass is 35.5. The summed E-state index contributed by atoms with van der Waals surface area (Å²) in [5.74, 6) is 0.0741. The van der Waals surface area contributed by atoms with Crippen molar-refractivity contribution in [2.75, 3.05) is 20.6 Å². The Balaban J connectivity index is 1.72. The lowest BCUT2D eigenvalue weighted by Crippen LogP contribution is -2.38. The van der Waals surface area contributed by atoms with Crippen molar-refractivity contribution in [2.24, 2.45) is 0 Å². The lowest BCUT2D eigenvalue weighted by molar-refractivity contribution is -0.123. The average molecular weight is 357 g/mol. The van der Waals surface area contributed by atoms with E-state index in [1.165, 1.54) is 11.1 Å². The highest BCUT2D eigenvalue weighted by Crippen LogP contribution is 2.32. The van der Waals surface area contributed by atoms with E-state index in [1.54, 1.807) is 0 Å². The molecule has 2 aromatic rings. The van der Waals surface area contributed by atoms with Crippen molar-refractivity contribution in [1.82, 2.24) is 10.2 Å². The second kappa shape index (κ2) is 8.03. The molecule has 0 bridgehead atoms. The first kappa shape index (κ1) is 18.0. The van der Waals surface area contributed by atoms with Crippen LogP contribution in [0.4, 0.5) is 0 Å². The second-order valence-electron chi connectivity index (χ2n) is 6.89. The third-order valence-corrected chi connectivity index (χ3v) is 5.39. The quantitative estimate of drug-likeness (QED) is 0.871. The number of carbonyl (C=O) groups is 1. The molecule has 2 atom stereocenters. The van der Waals surface area contributed by atoms with E-state index in [4.69, 9.17) is 11.6 Å². The van der Waals surface area contributed by atoms with Crippen LogP contribution in [-0.2, 0) is 11.2 Å². The van der Waals surface area contributed by atoms with E-state index in [0.29, 0.717) is 6.54 Å². The number of rotatable bonds is 5. The van der Waals surface area contributed by atoms with Crippen LogP contribution in [0.15, 0.2) is 48.5 Å². The van der Waals surface area contributed by atoms with Crippen molar-refractivity contribution in [2.45, 2.75) is 31.2 Å². The van der Waals surface area contributed by atoms with Crippen LogP contribution >= 0.6 is 11.6 Å². The van der Waals surface area contributed by atoms with Crippen molar-refractivity contribution in [1.29, 1.82) is 0 Å². The van der Waals surface area contributed by atoms with Gasteiger partial charge < -0.3 is 10.2 Å². The van der Waals surface area contributed by atoms with Crippen LogP contribution in [0.25, 0.3) is 0 Å². The fourth-order valence-corrected chi connectivity index (χ4v) is 3.92. The Labute approximate surface area is 155 Å². The SMILES string of the molecule is CN(C)C(CNC(=O)C1CCCc2ccccc21)c1ccccc1Cl. The Morgan fingerprint density at radius 2 is 1.92 bits per heavy atom. The van der Waals surface area contributed by atoms with Crippen molar-refractivity contribution >= 4 is 17.5 Å². The van der Waals surface area contributed by atoms with E-state index in [2.05, 4.69) is 28.4 Å². The number of hydrogen-bond acceptors (Lipinski definition) is 2. The Hall–Kier alpha value is -1.84. The standard InChI is InChI=1S/C21H25ClN2O/c1-24(2)20(18-11-5-6-13-19(18)22)14-23-21(25)17-12-7-9-15-8-3-4-10-16(15)17/h3-6,8,10-11,13,17,20H,7,9,12,14H2,1-2H3,(H,23,25). The Morgan fingerprint density at radius 3 is 2.68 bits per heavy atom. The first-order valence-electron chi connectivity index (χ1n) is 8.84. The molecule has 0 spiro atoms. The van der Waals surface area contributed by atoms with Crippen molar-refractivity contribution in [3.05, 3.63) is 70.2 Å². The zero-order chi connectivity index (χ0) is 17.8. The number of amides is 1. The van der Waals surface area contributed by atoms with Gasteiger partial charge in [-0.25, -0.2) is 0 Å². The molecule has 1 amide bonds. The summed E-state index contributed by atoms with van der Waals surface area (Å²) in [5.41, 5.74) is 3.54. The van der Waals surface area contributed by atoms with Gasteiger partial charge in [0.2, 0.25) is 5.91 Å². The molecule has 132 valence electrons. The number of hydrogen-bond donors (Lipinski definition) is 1. The molecular formula is C21H25ClN2O. The van der Waals surface area contributed by atoms with Gasteiger partial charge in [0.25, 0.3) is 0 Å². The summed E-state index contributed by atoms with van der Waals surface area (Å²) >= 11 is 6.35. The van der Waals surface area contributed by atoms with E-state index in [9.17, 15) is 4.79 Å². The Kier molecular flexibility index (Phi) is 5.77. The molecule has 0 heterocycles. The van der Waals surface area contributed by atoms with Crippen LogP contribution in [0.5, 0.6) is 0 Å². The minimum Gasteiger partial charge on any atom is -0.354 e. The molecule has 1 aliphatic rings. The average Bonchev–Trinajstić information content (AvgIpc) is 2.62. The maximum absolute atomic E-state index is 12.8. The van der Waals surface area contributed by atoms with Crippen molar-refractivity contribution in [3.63, 3.8) is 0 Å². The van der Waals surface area contributed by atoms with Crippen LogP contribution in [0, 0.1) is 0 Å². The Bertz CT molecular complexity index is 744. The molecule has 0 fully saturated rings. The molecule has 4 heteroatoms. The monoisotopic (exact) mass is 356 g/mol. The van der Waals surface area contributed by atoms with Gasteiger partial charge in [-0.3, -0.25) is 4.79 Å². The summed E-state index contributed by atoms with van der Waals surface area (Å²) in [6, 6.07) is 16.2. The van der Waals surface area contributed by atoms with Gasteiger partial charge in [-0.1, -0.05) is 54.1 Å². The van der Waals surface area contributed by atoms with E-state index < -0.39 is 0 Å². The predicted molar refractivity (Wildman–Crippen MR) is 103 cm³/mol. The third-order valence-electron chi connectivity index (χ3n) is 5.04. The fraction of sp³-hybridized carbons (Fsp3) is 0.381. The molecule has 1 aliphatic carbocycles. The minimum atomic E-state index is -0.0426. The second-order valence-corrected chi connectivity index (χ2v) is 7.30. The lowest BCUT2D eigenvalue weighted by atomic mass is 9.82. The molecule has 0 aliphatic heterocycles. The van der Waals surface area contributed by atoms with Gasteiger partial charge >= 0.3 is 0 Å². The van der Waals surface area contributed by atoms with E-state index >= 15 is 0 Å². The van der Waals surface area contributed by atoms with Crippen LogP contribution < -0.4 is 5.32 Å². The highest BCUT2D eigenvalue weighted by Gasteiger charge is 2.27. The van der Waals surface area contributed by atoms with Crippen molar-refractivity contribution < 1.29 is 4.79 Å². The molecule has 0 saturated heterocycles. The summed E-state index contributed by atoms with van der Waals surface area (Å²) in [5, 5.41) is 3.90. The molecule has 3 rings (SSSR count). The first-order valence-corrected chi connectivity index (χ1v) is 9.22. The summed E-state index contributed by atoms with van der Waals surface area (Å²) in [4.78, 5) is 14.9. The van der Waals surface area contributed by atoms with Gasteiger partial charge in [0.05, 0.1) is 12.0 Å². The number of nitrogens with zero attached hydrogens (tertiary/aromatic N) is 1. The number of aryl methyl sites for hydroxylation is 1. The smallest absolute Gasteiger partial charge is 0.227 e. The summed E-state index contributed by atoms with van der Waals surface area (Å²) in [6.45, 7) is 0.550. The number of likely N-dealkylation sites (N-methyl/N-ethyl adjacent to an activating group) is 1. The normalized spacial score (nSPS) is 17.8. The Morgan fingerprint density at radius 1 is 1.20 bits per heavy atom. The minimum absolute atomic E-state index is 0.0426. The van der Waals surface area contributed by atoms with E-state index in [-0.39, 0.29) is 17.9 Å². The van der Waals surface area contributed by atoms with Gasteiger partial charge in [0, 0.05) is 11.6 Å². The molecular weight excluding hydrogens is 332 g/mol. The van der Waals surface area contributed by atoms with Crippen LogP contribution in [0.2, 0.25) is 5.02 Å². The maximum Gasteiger partial charge on any atom is 0.227 e. The van der Waals surface area contributed by atoms with E-state index in [1.807, 2.05) is 44.4 Å². The zero-order valence-electron chi connectivity index (χ0n) is 14.8. The number of benzene rings is 2. The summed E-state index contributed by atoms with van der Waals surface area (Å²) in [7, 11) is 4.02. The number of halogens is 1. The van der Waals surface area contributed by atoms with Gasteiger partial charge in [-0.15, -0.1) is 0 Å².